The molecule has 6 heteroatoms. The minimum atomic E-state index is -0.224. The number of nitrogens with one attached hydrogen (secondary N) is 2. The zero-order valence-electron chi connectivity index (χ0n) is 18.5. The van der Waals surface area contributed by atoms with Crippen LogP contribution in [0.5, 0.6) is 5.75 Å². The van der Waals surface area contributed by atoms with Gasteiger partial charge in [0.2, 0.25) is 11.8 Å². The van der Waals surface area contributed by atoms with Crippen LogP contribution in [0.15, 0.2) is 24.3 Å². The first-order valence-electron chi connectivity index (χ1n) is 11.6. The molecule has 2 fully saturated rings. The average Bonchev–Trinajstić information content (AvgIpc) is 2.76. The van der Waals surface area contributed by atoms with Gasteiger partial charge in [0.25, 0.3) is 0 Å². The van der Waals surface area contributed by atoms with E-state index in [-0.39, 0.29) is 23.9 Å². The van der Waals surface area contributed by atoms with E-state index in [0.717, 1.165) is 25.9 Å². The highest BCUT2D eigenvalue weighted by Crippen LogP contribution is 2.27. The van der Waals surface area contributed by atoms with E-state index in [1.165, 1.54) is 32.1 Å². The van der Waals surface area contributed by atoms with Crippen molar-refractivity contribution in [2.45, 2.75) is 77.3 Å². The van der Waals surface area contributed by atoms with Crippen molar-refractivity contribution in [3.63, 3.8) is 0 Å². The molecule has 2 N–H and O–H groups in total. The second kappa shape index (κ2) is 11.3. The summed E-state index contributed by atoms with van der Waals surface area (Å²) in [5.41, 5.74) is 0.709. The van der Waals surface area contributed by atoms with Crippen LogP contribution in [0.3, 0.4) is 0 Å². The molecule has 6 nitrogen and oxygen atoms in total. The topological polar surface area (TPSA) is 70.7 Å². The van der Waals surface area contributed by atoms with Gasteiger partial charge in [0, 0.05) is 25.6 Å². The lowest BCUT2D eigenvalue weighted by atomic mass is 9.86. The van der Waals surface area contributed by atoms with Crippen molar-refractivity contribution < 1.29 is 14.3 Å². The lowest BCUT2D eigenvalue weighted by molar-refractivity contribution is -0.124. The highest BCUT2D eigenvalue weighted by atomic mass is 16.5. The maximum absolute atomic E-state index is 12.8. The molecule has 3 rings (SSSR count). The van der Waals surface area contributed by atoms with Gasteiger partial charge >= 0.3 is 0 Å². The third kappa shape index (κ3) is 6.46. The molecule has 0 spiro atoms. The fourth-order valence-corrected chi connectivity index (χ4v) is 4.63. The smallest absolute Gasteiger partial charge is 0.241 e. The lowest BCUT2D eigenvalue weighted by Crippen LogP contribution is -2.50. The minimum Gasteiger partial charge on any atom is -0.492 e. The van der Waals surface area contributed by atoms with Crippen LogP contribution in [-0.2, 0) is 9.59 Å². The van der Waals surface area contributed by atoms with E-state index in [2.05, 4.69) is 15.5 Å². The summed E-state index contributed by atoms with van der Waals surface area (Å²) in [6, 6.07) is 7.53. The van der Waals surface area contributed by atoms with Crippen LogP contribution in [0.25, 0.3) is 0 Å². The summed E-state index contributed by atoms with van der Waals surface area (Å²) >= 11 is 0. The van der Waals surface area contributed by atoms with Gasteiger partial charge in [0.1, 0.15) is 5.75 Å². The van der Waals surface area contributed by atoms with Crippen molar-refractivity contribution in [2.75, 3.05) is 25.0 Å². The predicted octanol–water partition coefficient (Wildman–Crippen LogP) is 3.96. The van der Waals surface area contributed by atoms with Crippen LogP contribution >= 0.6 is 0 Å². The molecule has 0 bridgehead atoms. The fourth-order valence-electron chi connectivity index (χ4n) is 4.63. The van der Waals surface area contributed by atoms with Crippen molar-refractivity contribution in [1.82, 2.24) is 10.2 Å². The van der Waals surface area contributed by atoms with E-state index in [9.17, 15) is 9.59 Å². The van der Waals surface area contributed by atoms with Gasteiger partial charge < -0.3 is 15.4 Å². The Bertz CT molecular complexity index is 695. The highest BCUT2D eigenvalue weighted by molar-refractivity contribution is 5.95. The minimum absolute atomic E-state index is 0.0260. The van der Waals surface area contributed by atoms with Gasteiger partial charge in [0.15, 0.2) is 0 Å². The summed E-state index contributed by atoms with van der Waals surface area (Å²) in [5, 5.41) is 6.24. The summed E-state index contributed by atoms with van der Waals surface area (Å²) in [4.78, 5) is 27.4. The standard InChI is InChI=1S/C24H37N3O3/c1-3-30-22-12-8-7-11-21(22)26-24(29)18(2)27-15-13-20(14-16-27)25-23(28)17-19-9-5-4-6-10-19/h7-8,11-12,18-20H,3-6,9-10,13-17H2,1-2H3,(H,25,28)(H,26,29). The van der Waals surface area contributed by atoms with E-state index in [0.29, 0.717) is 30.4 Å². The number of rotatable bonds is 8. The maximum Gasteiger partial charge on any atom is 0.241 e. The van der Waals surface area contributed by atoms with E-state index in [1.54, 1.807) is 0 Å². The summed E-state index contributed by atoms with van der Waals surface area (Å²) in [6.45, 7) is 6.06. The molecule has 2 amide bonds. The fraction of sp³-hybridized carbons (Fsp3) is 0.667. The van der Waals surface area contributed by atoms with Gasteiger partial charge in [-0.2, -0.15) is 0 Å². The molecule has 1 aliphatic carbocycles. The summed E-state index contributed by atoms with van der Waals surface area (Å²) < 4.78 is 5.60. The molecular formula is C24H37N3O3. The number of ether oxygens (including phenoxy) is 1. The zero-order chi connectivity index (χ0) is 21.3. The first kappa shape index (κ1) is 22.6. The number of likely N-dealkylation sites (tertiary alicyclic amines) is 1. The highest BCUT2D eigenvalue weighted by Gasteiger charge is 2.28. The Morgan fingerprint density at radius 3 is 2.50 bits per heavy atom. The number of carbonyl (C=O) groups is 2. The van der Waals surface area contributed by atoms with Crippen LogP contribution < -0.4 is 15.4 Å². The molecule has 0 radical (unpaired) electrons. The lowest BCUT2D eigenvalue weighted by Gasteiger charge is -2.35. The molecule has 166 valence electrons. The largest absolute Gasteiger partial charge is 0.492 e. The normalized spacial score (nSPS) is 19.8. The monoisotopic (exact) mass is 415 g/mol. The Hall–Kier alpha value is -2.08. The Morgan fingerprint density at radius 1 is 1.10 bits per heavy atom. The molecule has 1 aromatic rings. The van der Waals surface area contributed by atoms with E-state index < -0.39 is 0 Å². The average molecular weight is 416 g/mol. The maximum atomic E-state index is 12.8. The Kier molecular flexibility index (Phi) is 8.55. The van der Waals surface area contributed by atoms with E-state index >= 15 is 0 Å². The Morgan fingerprint density at radius 2 is 1.80 bits per heavy atom. The molecule has 1 saturated heterocycles. The van der Waals surface area contributed by atoms with Crippen molar-refractivity contribution in [3.8, 4) is 5.75 Å². The Labute approximate surface area is 180 Å². The number of amides is 2. The molecule has 1 atom stereocenters. The second-order valence-corrected chi connectivity index (χ2v) is 8.68. The third-order valence-electron chi connectivity index (χ3n) is 6.47. The van der Waals surface area contributed by atoms with Crippen LogP contribution in [0.4, 0.5) is 5.69 Å². The number of para-hydroxylation sites is 2. The second-order valence-electron chi connectivity index (χ2n) is 8.68. The quantitative estimate of drug-likeness (QED) is 0.674. The predicted molar refractivity (Wildman–Crippen MR) is 120 cm³/mol. The van der Waals surface area contributed by atoms with Gasteiger partial charge in [0.05, 0.1) is 18.3 Å². The number of carbonyl (C=O) groups excluding carboxylic acids is 2. The van der Waals surface area contributed by atoms with Crippen molar-refractivity contribution in [3.05, 3.63) is 24.3 Å². The van der Waals surface area contributed by atoms with Gasteiger partial charge in [-0.15, -0.1) is 0 Å². The number of nitrogens with zero attached hydrogens (tertiary/aromatic N) is 1. The first-order valence-corrected chi connectivity index (χ1v) is 11.6. The first-order chi connectivity index (χ1) is 14.6. The molecule has 0 aromatic heterocycles. The van der Waals surface area contributed by atoms with Crippen molar-refractivity contribution in [2.24, 2.45) is 5.92 Å². The molecule has 2 aliphatic rings. The molecule has 30 heavy (non-hydrogen) atoms. The molecule has 1 aliphatic heterocycles. The Balaban J connectivity index is 1.42. The molecule has 1 unspecified atom stereocenters. The summed E-state index contributed by atoms with van der Waals surface area (Å²) in [6.07, 6.45) is 8.72. The summed E-state index contributed by atoms with van der Waals surface area (Å²) in [5.74, 6) is 1.45. The number of hydrogen-bond donors (Lipinski definition) is 2. The SMILES string of the molecule is CCOc1ccccc1NC(=O)C(C)N1CCC(NC(=O)CC2CCCCC2)CC1. The number of piperidine rings is 1. The van der Waals surface area contributed by atoms with Crippen molar-refractivity contribution >= 4 is 17.5 Å². The van der Waals surface area contributed by atoms with Crippen LogP contribution in [-0.4, -0.2) is 48.5 Å². The van der Waals surface area contributed by atoms with Gasteiger partial charge in [-0.05, 0) is 57.6 Å². The van der Waals surface area contributed by atoms with Crippen molar-refractivity contribution in [1.29, 1.82) is 0 Å². The molecule has 1 heterocycles. The van der Waals surface area contributed by atoms with Gasteiger partial charge in [-0.3, -0.25) is 14.5 Å². The van der Waals surface area contributed by atoms with Gasteiger partial charge in [-0.1, -0.05) is 31.4 Å². The number of hydrogen-bond acceptors (Lipinski definition) is 4. The van der Waals surface area contributed by atoms with Crippen LogP contribution in [0.2, 0.25) is 0 Å². The van der Waals surface area contributed by atoms with E-state index in [4.69, 9.17) is 4.74 Å². The number of anilines is 1. The van der Waals surface area contributed by atoms with Crippen LogP contribution in [0, 0.1) is 5.92 Å². The summed E-state index contributed by atoms with van der Waals surface area (Å²) in [7, 11) is 0. The van der Waals surface area contributed by atoms with Crippen LogP contribution in [0.1, 0.15) is 65.2 Å². The zero-order valence-corrected chi connectivity index (χ0v) is 18.5. The van der Waals surface area contributed by atoms with Gasteiger partial charge in [-0.25, -0.2) is 0 Å². The molecule has 1 saturated carbocycles. The third-order valence-corrected chi connectivity index (χ3v) is 6.47. The van der Waals surface area contributed by atoms with E-state index in [1.807, 2.05) is 38.1 Å². The molecular weight excluding hydrogens is 378 g/mol. The molecule has 1 aromatic carbocycles. The number of benzene rings is 1.